The molecule has 0 aromatic heterocycles. The molecule has 2 N–H and O–H groups in total. The maximum Gasteiger partial charge on any atom is 0.317 e. The molecule has 100 valence electrons. The van der Waals surface area contributed by atoms with E-state index in [4.69, 9.17) is 0 Å². The molecule has 0 radical (unpaired) electrons. The van der Waals surface area contributed by atoms with Gasteiger partial charge < -0.3 is 15.5 Å². The lowest BCUT2D eigenvalue weighted by atomic mass is 9.96. The van der Waals surface area contributed by atoms with Crippen LogP contribution >= 0.6 is 0 Å². The molecule has 0 aromatic carbocycles. The van der Waals surface area contributed by atoms with Gasteiger partial charge in [-0.15, -0.1) is 0 Å². The topological polar surface area (TPSA) is 44.4 Å². The lowest BCUT2D eigenvalue weighted by Gasteiger charge is -2.31. The molecule has 17 heavy (non-hydrogen) atoms. The van der Waals surface area contributed by atoms with Crippen LogP contribution in [0.4, 0.5) is 4.79 Å². The van der Waals surface area contributed by atoms with Crippen LogP contribution in [-0.4, -0.2) is 43.2 Å². The van der Waals surface area contributed by atoms with Crippen molar-refractivity contribution in [2.24, 2.45) is 0 Å². The summed E-state index contributed by atoms with van der Waals surface area (Å²) in [6.45, 7) is 7.55. The van der Waals surface area contributed by atoms with Crippen LogP contribution in [0.3, 0.4) is 0 Å². The van der Waals surface area contributed by atoms with Gasteiger partial charge in [0, 0.05) is 32.2 Å². The molecule has 0 unspecified atom stereocenters. The minimum absolute atomic E-state index is 0.142. The van der Waals surface area contributed by atoms with Crippen LogP contribution in [0.1, 0.15) is 46.0 Å². The summed E-state index contributed by atoms with van der Waals surface area (Å²) >= 11 is 0. The summed E-state index contributed by atoms with van der Waals surface area (Å²) in [5, 5.41) is 6.40. The molecule has 1 heterocycles. The number of hydrogen-bond acceptors (Lipinski definition) is 2. The molecular weight excluding hydrogens is 214 g/mol. The SMILES string of the molecule is CC.O=C(NC1CCCCC1)N1CCNCC1. The van der Waals surface area contributed by atoms with Crippen molar-refractivity contribution in [1.29, 1.82) is 0 Å². The van der Waals surface area contributed by atoms with E-state index in [2.05, 4.69) is 10.6 Å². The van der Waals surface area contributed by atoms with Crippen molar-refractivity contribution in [2.75, 3.05) is 26.2 Å². The average Bonchev–Trinajstić information content (AvgIpc) is 2.43. The quantitative estimate of drug-likeness (QED) is 0.737. The summed E-state index contributed by atoms with van der Waals surface area (Å²) < 4.78 is 0. The largest absolute Gasteiger partial charge is 0.335 e. The molecular formula is C13H27N3O. The van der Waals surface area contributed by atoms with Crippen LogP contribution in [0.25, 0.3) is 0 Å². The molecule has 1 saturated carbocycles. The van der Waals surface area contributed by atoms with E-state index >= 15 is 0 Å². The maximum absolute atomic E-state index is 11.9. The predicted octanol–water partition coefficient (Wildman–Crippen LogP) is 1.96. The number of rotatable bonds is 1. The highest BCUT2D eigenvalue weighted by molar-refractivity contribution is 5.74. The van der Waals surface area contributed by atoms with E-state index < -0.39 is 0 Å². The van der Waals surface area contributed by atoms with Crippen LogP contribution in [0.15, 0.2) is 0 Å². The highest BCUT2D eigenvalue weighted by Gasteiger charge is 2.20. The number of amides is 2. The Hall–Kier alpha value is -0.770. The molecule has 2 aliphatic rings. The Labute approximate surface area is 105 Å². The second-order valence-corrected chi connectivity index (χ2v) is 4.52. The maximum atomic E-state index is 11.9. The number of piperazine rings is 1. The highest BCUT2D eigenvalue weighted by atomic mass is 16.2. The smallest absolute Gasteiger partial charge is 0.317 e. The lowest BCUT2D eigenvalue weighted by molar-refractivity contribution is 0.183. The van der Waals surface area contributed by atoms with E-state index in [0.717, 1.165) is 39.0 Å². The summed E-state index contributed by atoms with van der Waals surface area (Å²) in [7, 11) is 0. The van der Waals surface area contributed by atoms with E-state index in [1.165, 1.54) is 19.3 Å². The van der Waals surface area contributed by atoms with Crippen LogP contribution in [-0.2, 0) is 0 Å². The van der Waals surface area contributed by atoms with E-state index in [1.807, 2.05) is 18.7 Å². The third-order valence-electron chi connectivity index (χ3n) is 3.34. The lowest BCUT2D eigenvalue weighted by Crippen LogP contribution is -2.52. The Kier molecular flexibility index (Phi) is 7.01. The van der Waals surface area contributed by atoms with E-state index in [0.29, 0.717) is 6.04 Å². The Morgan fingerprint density at radius 1 is 1.12 bits per heavy atom. The molecule has 0 bridgehead atoms. The van der Waals surface area contributed by atoms with Crippen molar-refractivity contribution in [3.8, 4) is 0 Å². The van der Waals surface area contributed by atoms with Crippen LogP contribution < -0.4 is 10.6 Å². The molecule has 2 fully saturated rings. The molecule has 1 aliphatic carbocycles. The van der Waals surface area contributed by atoms with Gasteiger partial charge in [0.05, 0.1) is 0 Å². The summed E-state index contributed by atoms with van der Waals surface area (Å²) in [6.07, 6.45) is 6.20. The average molecular weight is 241 g/mol. The van der Waals surface area contributed by atoms with E-state index in [9.17, 15) is 4.79 Å². The van der Waals surface area contributed by atoms with Crippen molar-refractivity contribution in [1.82, 2.24) is 15.5 Å². The third kappa shape index (κ3) is 4.94. The molecule has 0 spiro atoms. The van der Waals surface area contributed by atoms with Gasteiger partial charge in [-0.25, -0.2) is 4.79 Å². The normalized spacial score (nSPS) is 21.4. The van der Waals surface area contributed by atoms with Gasteiger partial charge in [-0.05, 0) is 12.8 Å². The van der Waals surface area contributed by atoms with Crippen LogP contribution in [0, 0.1) is 0 Å². The van der Waals surface area contributed by atoms with Crippen molar-refractivity contribution >= 4 is 6.03 Å². The summed E-state index contributed by atoms with van der Waals surface area (Å²) in [4.78, 5) is 13.8. The molecule has 4 nitrogen and oxygen atoms in total. The zero-order valence-electron chi connectivity index (χ0n) is 11.3. The summed E-state index contributed by atoms with van der Waals surface area (Å²) in [6, 6.07) is 0.574. The first kappa shape index (κ1) is 14.3. The fourth-order valence-electron chi connectivity index (χ4n) is 2.38. The first-order valence-electron chi connectivity index (χ1n) is 7.12. The van der Waals surface area contributed by atoms with Crippen molar-refractivity contribution < 1.29 is 4.79 Å². The second kappa shape index (κ2) is 8.34. The fourth-order valence-corrected chi connectivity index (χ4v) is 2.38. The Bertz CT molecular complexity index is 209. The summed E-state index contributed by atoms with van der Waals surface area (Å²) in [5.74, 6) is 0. The molecule has 2 rings (SSSR count). The monoisotopic (exact) mass is 241 g/mol. The van der Waals surface area contributed by atoms with E-state index in [-0.39, 0.29) is 6.03 Å². The first-order chi connectivity index (χ1) is 8.36. The zero-order valence-corrected chi connectivity index (χ0v) is 11.3. The van der Waals surface area contributed by atoms with E-state index in [1.54, 1.807) is 0 Å². The number of hydrogen-bond donors (Lipinski definition) is 2. The third-order valence-corrected chi connectivity index (χ3v) is 3.34. The fraction of sp³-hybridized carbons (Fsp3) is 0.923. The summed E-state index contributed by atoms with van der Waals surface area (Å²) in [5.41, 5.74) is 0. The number of carbonyl (C=O) groups is 1. The zero-order chi connectivity index (χ0) is 12.5. The van der Waals surface area contributed by atoms with Gasteiger partial charge in [-0.1, -0.05) is 33.1 Å². The Morgan fingerprint density at radius 2 is 1.71 bits per heavy atom. The van der Waals surface area contributed by atoms with Crippen molar-refractivity contribution in [3.63, 3.8) is 0 Å². The second-order valence-electron chi connectivity index (χ2n) is 4.52. The van der Waals surface area contributed by atoms with Gasteiger partial charge in [0.2, 0.25) is 0 Å². The highest BCUT2D eigenvalue weighted by Crippen LogP contribution is 2.17. The van der Waals surface area contributed by atoms with Gasteiger partial charge in [0.15, 0.2) is 0 Å². The minimum atomic E-state index is 0.142. The minimum Gasteiger partial charge on any atom is -0.335 e. The van der Waals surface area contributed by atoms with Gasteiger partial charge in [-0.3, -0.25) is 0 Å². The number of nitrogens with zero attached hydrogens (tertiary/aromatic N) is 1. The number of urea groups is 1. The molecule has 2 amide bonds. The Balaban J connectivity index is 0.000000686. The molecule has 0 atom stereocenters. The number of nitrogens with one attached hydrogen (secondary N) is 2. The van der Waals surface area contributed by atoms with Gasteiger partial charge in [-0.2, -0.15) is 0 Å². The van der Waals surface area contributed by atoms with Crippen molar-refractivity contribution in [3.05, 3.63) is 0 Å². The standard InChI is InChI=1S/C11H21N3O.C2H6/c15-11(14-8-6-12-7-9-14)13-10-4-2-1-3-5-10;1-2/h10,12H,1-9H2,(H,13,15);1-2H3. The van der Waals surface area contributed by atoms with Gasteiger partial charge >= 0.3 is 6.03 Å². The van der Waals surface area contributed by atoms with Gasteiger partial charge in [0.1, 0.15) is 0 Å². The number of carbonyl (C=O) groups excluding carboxylic acids is 1. The Morgan fingerprint density at radius 3 is 2.29 bits per heavy atom. The van der Waals surface area contributed by atoms with Crippen LogP contribution in [0.5, 0.6) is 0 Å². The molecule has 0 aromatic rings. The first-order valence-corrected chi connectivity index (χ1v) is 7.12. The molecule has 1 saturated heterocycles. The molecule has 1 aliphatic heterocycles. The predicted molar refractivity (Wildman–Crippen MR) is 71.2 cm³/mol. The van der Waals surface area contributed by atoms with Crippen molar-refractivity contribution in [2.45, 2.75) is 52.0 Å². The van der Waals surface area contributed by atoms with Gasteiger partial charge in [0.25, 0.3) is 0 Å². The molecule has 4 heteroatoms. The van der Waals surface area contributed by atoms with Crippen LogP contribution in [0.2, 0.25) is 0 Å².